The number of halogens is 3. The smallest absolute Gasteiger partial charge is 0.159 e. The first-order valence-corrected chi connectivity index (χ1v) is 5.88. The molecule has 0 unspecified atom stereocenters. The standard InChI is InChI=1S/C14H10ClF2NO/c15-12-3-1-2-10(6-12)8-18-19-9-11-4-5-13(16)14(17)7-11/h1-8H,9H2. The van der Waals surface area contributed by atoms with E-state index in [0.717, 1.165) is 17.7 Å². The van der Waals surface area contributed by atoms with Crippen LogP contribution < -0.4 is 0 Å². The van der Waals surface area contributed by atoms with Crippen LogP contribution in [0.15, 0.2) is 47.6 Å². The molecule has 2 rings (SSSR count). The molecule has 0 atom stereocenters. The van der Waals surface area contributed by atoms with Crippen LogP contribution in [-0.4, -0.2) is 6.21 Å². The maximum absolute atomic E-state index is 12.9. The molecule has 0 heterocycles. The second-order valence-corrected chi connectivity index (χ2v) is 4.25. The van der Waals surface area contributed by atoms with Gasteiger partial charge in [0.05, 0.1) is 6.21 Å². The van der Waals surface area contributed by atoms with Gasteiger partial charge in [0, 0.05) is 5.02 Å². The molecule has 0 aliphatic carbocycles. The lowest BCUT2D eigenvalue weighted by molar-refractivity contribution is 0.132. The van der Waals surface area contributed by atoms with E-state index < -0.39 is 11.6 Å². The Balaban J connectivity index is 1.91. The molecule has 0 saturated carbocycles. The van der Waals surface area contributed by atoms with Crippen LogP contribution in [0.4, 0.5) is 8.78 Å². The van der Waals surface area contributed by atoms with Crippen LogP contribution in [0.2, 0.25) is 5.02 Å². The third-order valence-corrected chi connectivity index (χ3v) is 2.58. The van der Waals surface area contributed by atoms with Crippen molar-refractivity contribution in [2.75, 3.05) is 0 Å². The van der Waals surface area contributed by atoms with Crippen molar-refractivity contribution in [3.05, 3.63) is 70.2 Å². The summed E-state index contributed by atoms with van der Waals surface area (Å²) in [5.74, 6) is -1.79. The first kappa shape index (κ1) is 13.5. The lowest BCUT2D eigenvalue weighted by Crippen LogP contribution is -1.91. The van der Waals surface area contributed by atoms with Crippen molar-refractivity contribution in [1.29, 1.82) is 0 Å². The minimum atomic E-state index is -0.903. The summed E-state index contributed by atoms with van der Waals surface area (Å²) in [6.45, 7) is 0.0638. The highest BCUT2D eigenvalue weighted by atomic mass is 35.5. The van der Waals surface area contributed by atoms with Crippen molar-refractivity contribution in [3.63, 3.8) is 0 Å². The molecule has 0 bridgehead atoms. The van der Waals surface area contributed by atoms with E-state index in [4.69, 9.17) is 16.4 Å². The summed E-state index contributed by atoms with van der Waals surface area (Å²) in [5.41, 5.74) is 1.29. The van der Waals surface area contributed by atoms with Crippen molar-refractivity contribution in [2.45, 2.75) is 6.61 Å². The molecule has 0 amide bonds. The summed E-state index contributed by atoms with van der Waals surface area (Å²) >= 11 is 5.81. The summed E-state index contributed by atoms with van der Waals surface area (Å²) < 4.78 is 25.6. The Hall–Kier alpha value is -1.94. The van der Waals surface area contributed by atoms with Gasteiger partial charge in [0.25, 0.3) is 0 Å². The number of oxime groups is 1. The van der Waals surface area contributed by atoms with E-state index in [2.05, 4.69) is 5.16 Å². The van der Waals surface area contributed by atoms with Gasteiger partial charge in [-0.15, -0.1) is 0 Å². The summed E-state index contributed by atoms with van der Waals surface area (Å²) in [5, 5.41) is 4.33. The second-order valence-electron chi connectivity index (χ2n) is 3.81. The van der Waals surface area contributed by atoms with Gasteiger partial charge in [-0.25, -0.2) is 8.78 Å². The highest BCUT2D eigenvalue weighted by Crippen LogP contribution is 2.10. The Labute approximate surface area is 114 Å². The van der Waals surface area contributed by atoms with Crippen LogP contribution in [-0.2, 0) is 11.4 Å². The Bertz CT molecular complexity index is 602. The fourth-order valence-corrected chi connectivity index (χ4v) is 1.62. The van der Waals surface area contributed by atoms with Crippen LogP contribution in [0, 0.1) is 11.6 Å². The zero-order valence-electron chi connectivity index (χ0n) is 9.82. The van der Waals surface area contributed by atoms with E-state index in [1.54, 1.807) is 18.2 Å². The fraction of sp³-hybridized carbons (Fsp3) is 0.0714. The quantitative estimate of drug-likeness (QED) is 0.609. The minimum Gasteiger partial charge on any atom is -0.391 e. The van der Waals surface area contributed by atoms with Crippen LogP contribution in [0.25, 0.3) is 0 Å². The Morgan fingerprint density at radius 3 is 2.68 bits per heavy atom. The normalized spacial score (nSPS) is 10.9. The van der Waals surface area contributed by atoms with Gasteiger partial charge in [-0.2, -0.15) is 0 Å². The Kier molecular flexibility index (Phi) is 4.47. The van der Waals surface area contributed by atoms with Gasteiger partial charge in [-0.05, 0) is 35.4 Å². The molecule has 0 aromatic heterocycles. The zero-order chi connectivity index (χ0) is 13.7. The van der Waals surface area contributed by atoms with Crippen molar-refractivity contribution in [3.8, 4) is 0 Å². The van der Waals surface area contributed by atoms with Gasteiger partial charge in [-0.3, -0.25) is 0 Å². The molecular weight excluding hydrogens is 272 g/mol. The fourth-order valence-electron chi connectivity index (χ4n) is 1.43. The summed E-state index contributed by atoms with van der Waals surface area (Å²) in [6.07, 6.45) is 1.49. The van der Waals surface area contributed by atoms with Gasteiger partial charge in [-0.1, -0.05) is 35.0 Å². The zero-order valence-corrected chi connectivity index (χ0v) is 10.6. The first-order chi connectivity index (χ1) is 9.15. The second kappa shape index (κ2) is 6.29. The average Bonchev–Trinajstić information content (AvgIpc) is 2.39. The first-order valence-electron chi connectivity index (χ1n) is 5.50. The topological polar surface area (TPSA) is 21.6 Å². The molecule has 2 aromatic carbocycles. The van der Waals surface area contributed by atoms with E-state index in [-0.39, 0.29) is 6.61 Å². The summed E-state index contributed by atoms with van der Waals surface area (Å²) in [6, 6.07) is 10.6. The maximum atomic E-state index is 12.9. The van der Waals surface area contributed by atoms with Gasteiger partial charge < -0.3 is 4.84 Å². The molecule has 0 radical (unpaired) electrons. The molecular formula is C14H10ClF2NO. The van der Waals surface area contributed by atoms with Gasteiger partial charge >= 0.3 is 0 Å². The number of hydrogen-bond donors (Lipinski definition) is 0. The molecule has 98 valence electrons. The molecule has 0 aliphatic heterocycles. The van der Waals surface area contributed by atoms with E-state index in [1.165, 1.54) is 12.3 Å². The van der Waals surface area contributed by atoms with Crippen LogP contribution >= 0.6 is 11.6 Å². The van der Waals surface area contributed by atoms with Crippen LogP contribution in [0.1, 0.15) is 11.1 Å². The molecule has 2 aromatic rings. The molecule has 5 heteroatoms. The highest BCUT2D eigenvalue weighted by Gasteiger charge is 2.02. The maximum Gasteiger partial charge on any atom is 0.159 e. The summed E-state index contributed by atoms with van der Waals surface area (Å²) in [4.78, 5) is 5.00. The van der Waals surface area contributed by atoms with Gasteiger partial charge in [0.2, 0.25) is 0 Å². The van der Waals surface area contributed by atoms with E-state index in [1.807, 2.05) is 6.07 Å². The van der Waals surface area contributed by atoms with E-state index >= 15 is 0 Å². The van der Waals surface area contributed by atoms with Crippen LogP contribution in [0.5, 0.6) is 0 Å². The van der Waals surface area contributed by atoms with Crippen LogP contribution in [0.3, 0.4) is 0 Å². The number of nitrogens with zero attached hydrogens (tertiary/aromatic N) is 1. The monoisotopic (exact) mass is 281 g/mol. The van der Waals surface area contributed by atoms with Crippen molar-refractivity contribution in [2.24, 2.45) is 5.16 Å². The lowest BCUT2D eigenvalue weighted by Gasteiger charge is -2.00. The molecule has 0 saturated heterocycles. The Morgan fingerprint density at radius 2 is 1.95 bits per heavy atom. The molecule has 2 nitrogen and oxygen atoms in total. The van der Waals surface area contributed by atoms with Crippen molar-refractivity contribution >= 4 is 17.8 Å². The molecule has 0 N–H and O–H groups in total. The van der Waals surface area contributed by atoms with E-state index in [9.17, 15) is 8.78 Å². The van der Waals surface area contributed by atoms with Gasteiger partial charge in [0.15, 0.2) is 11.6 Å². The Morgan fingerprint density at radius 1 is 1.11 bits per heavy atom. The predicted octanol–water partition coefficient (Wildman–Crippen LogP) is 4.17. The number of rotatable bonds is 4. The number of benzene rings is 2. The average molecular weight is 282 g/mol. The van der Waals surface area contributed by atoms with Crippen molar-refractivity contribution in [1.82, 2.24) is 0 Å². The SMILES string of the molecule is Fc1ccc(CON=Cc2cccc(Cl)c2)cc1F. The van der Waals surface area contributed by atoms with E-state index in [0.29, 0.717) is 10.6 Å². The highest BCUT2D eigenvalue weighted by molar-refractivity contribution is 6.30. The summed E-state index contributed by atoms with van der Waals surface area (Å²) in [7, 11) is 0. The molecule has 0 aliphatic rings. The van der Waals surface area contributed by atoms with Gasteiger partial charge in [0.1, 0.15) is 6.61 Å². The largest absolute Gasteiger partial charge is 0.391 e. The minimum absolute atomic E-state index is 0.0638. The lowest BCUT2D eigenvalue weighted by atomic mass is 10.2. The molecule has 19 heavy (non-hydrogen) atoms. The number of hydrogen-bond acceptors (Lipinski definition) is 2. The third kappa shape index (κ3) is 4.03. The predicted molar refractivity (Wildman–Crippen MR) is 70.2 cm³/mol. The molecule has 0 spiro atoms. The molecule has 0 fully saturated rings. The van der Waals surface area contributed by atoms with Crippen molar-refractivity contribution < 1.29 is 13.6 Å². The third-order valence-electron chi connectivity index (χ3n) is 2.34.